The van der Waals surface area contributed by atoms with Gasteiger partial charge in [-0.3, -0.25) is 0 Å². The Bertz CT molecular complexity index is 823. The van der Waals surface area contributed by atoms with E-state index < -0.39 is 0 Å². The van der Waals surface area contributed by atoms with Crippen LogP contribution in [0.3, 0.4) is 0 Å². The lowest BCUT2D eigenvalue weighted by Crippen LogP contribution is -1.88. The summed E-state index contributed by atoms with van der Waals surface area (Å²) >= 11 is 0. The van der Waals surface area contributed by atoms with Crippen LogP contribution in [0, 0.1) is 0 Å². The summed E-state index contributed by atoms with van der Waals surface area (Å²) in [5.41, 5.74) is 9.44. The Morgan fingerprint density at radius 3 is 2.24 bits per heavy atom. The summed E-state index contributed by atoms with van der Waals surface area (Å²) in [5.74, 6) is 0. The van der Waals surface area contributed by atoms with Gasteiger partial charge in [0.05, 0.1) is 0 Å². The molecule has 4 rings (SSSR count). The second-order valence-corrected chi connectivity index (χ2v) is 5.49. The van der Waals surface area contributed by atoms with Crippen LogP contribution in [0.5, 0.6) is 0 Å². The van der Waals surface area contributed by atoms with Crippen LogP contribution in [0.2, 0.25) is 0 Å². The van der Waals surface area contributed by atoms with Crippen LogP contribution >= 0.6 is 0 Å². The normalized spacial score (nSPS) is 11.8. The monoisotopic (exact) mass is 268 g/mol. The van der Waals surface area contributed by atoms with Crippen molar-refractivity contribution in [2.75, 3.05) is 0 Å². The molecule has 100 valence electrons. The van der Waals surface area contributed by atoms with E-state index in [9.17, 15) is 0 Å². The number of fused-ring (bicyclic) bond motifs is 3. The Labute approximate surface area is 125 Å². The lowest BCUT2D eigenvalue weighted by atomic mass is 9.95. The highest BCUT2D eigenvalue weighted by molar-refractivity contribution is 5.84. The third-order valence-electron chi connectivity index (χ3n) is 4.31. The summed E-state index contributed by atoms with van der Waals surface area (Å²) in [6.45, 7) is 3.82. The van der Waals surface area contributed by atoms with Crippen molar-refractivity contribution < 1.29 is 0 Å². The summed E-state index contributed by atoms with van der Waals surface area (Å²) in [6.07, 6.45) is 2.92. The van der Waals surface area contributed by atoms with Gasteiger partial charge in [-0.25, -0.2) is 0 Å². The topological polar surface area (TPSA) is 0 Å². The SMILES string of the molecule is C=Cc1ccc(-c2cccc3c2Cc2ccccc2-3)cc1. The Morgan fingerprint density at radius 1 is 0.714 bits per heavy atom. The van der Waals surface area contributed by atoms with Crippen LogP contribution in [0.25, 0.3) is 28.3 Å². The predicted molar refractivity (Wildman–Crippen MR) is 90.2 cm³/mol. The smallest absolute Gasteiger partial charge is 0.000729 e. The van der Waals surface area contributed by atoms with E-state index >= 15 is 0 Å². The highest BCUT2D eigenvalue weighted by atomic mass is 14.2. The van der Waals surface area contributed by atoms with Gasteiger partial charge in [-0.05, 0) is 45.4 Å². The van der Waals surface area contributed by atoms with Crippen molar-refractivity contribution >= 4 is 6.08 Å². The Balaban J connectivity index is 1.87. The molecule has 0 saturated heterocycles. The van der Waals surface area contributed by atoms with Gasteiger partial charge in [-0.2, -0.15) is 0 Å². The van der Waals surface area contributed by atoms with Crippen molar-refractivity contribution in [3.8, 4) is 22.3 Å². The molecule has 3 aromatic carbocycles. The Kier molecular flexibility index (Phi) is 2.75. The van der Waals surface area contributed by atoms with Gasteiger partial charge in [0.15, 0.2) is 0 Å². The van der Waals surface area contributed by atoms with E-state index in [0.29, 0.717) is 0 Å². The van der Waals surface area contributed by atoms with E-state index in [1.165, 1.54) is 33.4 Å². The molecule has 0 nitrogen and oxygen atoms in total. The van der Waals surface area contributed by atoms with Crippen LogP contribution in [-0.4, -0.2) is 0 Å². The maximum absolute atomic E-state index is 3.82. The van der Waals surface area contributed by atoms with Gasteiger partial charge in [0.2, 0.25) is 0 Å². The molecule has 0 aliphatic heterocycles. The molecule has 0 fully saturated rings. The molecular formula is C21H16. The Hall–Kier alpha value is -2.60. The van der Waals surface area contributed by atoms with Crippen LogP contribution < -0.4 is 0 Å². The molecule has 0 aromatic heterocycles. The van der Waals surface area contributed by atoms with Crippen molar-refractivity contribution in [2.24, 2.45) is 0 Å². The minimum atomic E-state index is 1.03. The third-order valence-corrected chi connectivity index (χ3v) is 4.31. The number of hydrogen-bond acceptors (Lipinski definition) is 0. The van der Waals surface area contributed by atoms with Gasteiger partial charge in [-0.15, -0.1) is 0 Å². The van der Waals surface area contributed by atoms with E-state index in [-0.39, 0.29) is 0 Å². The maximum atomic E-state index is 3.82. The molecule has 1 aliphatic rings. The van der Waals surface area contributed by atoms with Crippen LogP contribution in [-0.2, 0) is 6.42 Å². The molecule has 0 heterocycles. The van der Waals surface area contributed by atoms with E-state index in [2.05, 4.69) is 73.3 Å². The predicted octanol–water partition coefficient (Wildman–Crippen LogP) is 5.57. The quantitative estimate of drug-likeness (QED) is 0.446. The molecule has 0 atom stereocenters. The van der Waals surface area contributed by atoms with Crippen LogP contribution in [0.1, 0.15) is 16.7 Å². The molecule has 21 heavy (non-hydrogen) atoms. The fourth-order valence-electron chi connectivity index (χ4n) is 3.23. The highest BCUT2D eigenvalue weighted by Crippen LogP contribution is 2.41. The molecule has 0 saturated carbocycles. The van der Waals surface area contributed by atoms with Crippen molar-refractivity contribution in [1.29, 1.82) is 0 Å². The van der Waals surface area contributed by atoms with Crippen molar-refractivity contribution in [3.05, 3.63) is 90.0 Å². The van der Waals surface area contributed by atoms with Gasteiger partial charge >= 0.3 is 0 Å². The molecule has 0 radical (unpaired) electrons. The van der Waals surface area contributed by atoms with Crippen LogP contribution in [0.4, 0.5) is 0 Å². The zero-order chi connectivity index (χ0) is 14.2. The van der Waals surface area contributed by atoms with E-state index in [1.54, 1.807) is 0 Å². The second kappa shape index (κ2) is 4.75. The minimum Gasteiger partial charge on any atom is -0.0985 e. The van der Waals surface area contributed by atoms with Crippen molar-refractivity contribution in [3.63, 3.8) is 0 Å². The van der Waals surface area contributed by atoms with Gasteiger partial charge in [-0.1, -0.05) is 79.4 Å². The number of hydrogen-bond donors (Lipinski definition) is 0. The zero-order valence-electron chi connectivity index (χ0n) is 11.8. The first-order valence-corrected chi connectivity index (χ1v) is 7.30. The van der Waals surface area contributed by atoms with E-state index in [4.69, 9.17) is 0 Å². The second-order valence-electron chi connectivity index (χ2n) is 5.49. The first-order valence-electron chi connectivity index (χ1n) is 7.30. The standard InChI is InChI=1S/C21H16/c1-2-15-10-12-16(13-11-15)18-8-5-9-20-19-7-4-3-6-17(19)14-21(18)20/h2-13H,1,14H2. The zero-order valence-corrected chi connectivity index (χ0v) is 11.8. The molecule has 1 aliphatic carbocycles. The van der Waals surface area contributed by atoms with E-state index in [1.807, 2.05) is 6.08 Å². The summed E-state index contributed by atoms with van der Waals surface area (Å²) in [4.78, 5) is 0. The fraction of sp³-hybridized carbons (Fsp3) is 0.0476. The molecule has 0 N–H and O–H groups in total. The largest absolute Gasteiger partial charge is 0.0985 e. The van der Waals surface area contributed by atoms with Gasteiger partial charge in [0, 0.05) is 0 Å². The molecule has 0 heteroatoms. The summed E-state index contributed by atoms with van der Waals surface area (Å²) in [5, 5.41) is 0. The van der Waals surface area contributed by atoms with Crippen molar-refractivity contribution in [1.82, 2.24) is 0 Å². The fourth-order valence-corrected chi connectivity index (χ4v) is 3.23. The van der Waals surface area contributed by atoms with Gasteiger partial charge in [0.25, 0.3) is 0 Å². The summed E-state index contributed by atoms with van der Waals surface area (Å²) in [7, 11) is 0. The Morgan fingerprint density at radius 2 is 1.43 bits per heavy atom. The number of rotatable bonds is 2. The van der Waals surface area contributed by atoms with E-state index in [0.717, 1.165) is 12.0 Å². The third kappa shape index (κ3) is 1.92. The molecular weight excluding hydrogens is 252 g/mol. The van der Waals surface area contributed by atoms with Gasteiger partial charge < -0.3 is 0 Å². The average Bonchev–Trinajstić information content (AvgIpc) is 2.94. The average molecular weight is 268 g/mol. The first-order chi connectivity index (χ1) is 10.4. The van der Waals surface area contributed by atoms with Crippen LogP contribution in [0.15, 0.2) is 73.3 Å². The number of benzene rings is 3. The maximum Gasteiger partial charge on any atom is -0.000729 e. The molecule has 0 bridgehead atoms. The summed E-state index contributed by atoms with van der Waals surface area (Å²) in [6, 6.07) is 24.0. The summed E-state index contributed by atoms with van der Waals surface area (Å²) < 4.78 is 0. The molecule has 0 unspecified atom stereocenters. The highest BCUT2D eigenvalue weighted by Gasteiger charge is 2.20. The molecule has 0 amide bonds. The van der Waals surface area contributed by atoms with Gasteiger partial charge in [0.1, 0.15) is 0 Å². The first kappa shape index (κ1) is 12.2. The minimum absolute atomic E-state index is 1.03. The van der Waals surface area contributed by atoms with Crippen molar-refractivity contribution in [2.45, 2.75) is 6.42 Å². The lowest BCUT2D eigenvalue weighted by molar-refractivity contribution is 1.26. The molecule has 0 spiro atoms. The molecule has 3 aromatic rings. The lowest BCUT2D eigenvalue weighted by Gasteiger charge is -2.09.